The molecule has 3 fully saturated rings. The van der Waals surface area contributed by atoms with Gasteiger partial charge in [0.15, 0.2) is 6.29 Å². The standard InChI is InChI=1S/C45H52O20/c1-20-7-9-44(2,25(11-20)24-13-22-4-6-33(49)61-27(22)15-29(24)63-42-38(54)36(52)34(50)30(16-46)64-42)10-8-23-12-21-3-5-32(48)60-26(21)14-28(23)62-41-39(55)37(53)35(51)31(65-41)17-58-43-40(56)45(57,18-47)19-59-43/h3-6,8,10-15,25,30-31,34-43,46-47,50-57H,7,9,16-19H2,1-2H3/b10-8+/t25-,30+,31+,34+,35+,36-,37-,38+,39+,40-,41+,42+,43+,44+,45+/m0/s1. The highest BCUT2D eigenvalue weighted by atomic mass is 16.7. The summed E-state index contributed by atoms with van der Waals surface area (Å²) in [5, 5.41) is 106. The zero-order chi connectivity index (χ0) is 46.5. The second-order valence-corrected chi connectivity index (χ2v) is 17.4. The van der Waals surface area contributed by atoms with E-state index in [4.69, 9.17) is 37.3 Å². The van der Waals surface area contributed by atoms with Crippen LogP contribution in [0.3, 0.4) is 0 Å². The number of ether oxygens (including phenoxy) is 6. The average molecular weight is 913 g/mol. The molecule has 0 unspecified atom stereocenters. The molecule has 2 aromatic heterocycles. The Labute approximate surface area is 369 Å². The van der Waals surface area contributed by atoms with Crippen molar-refractivity contribution in [2.24, 2.45) is 5.41 Å². The maximum absolute atomic E-state index is 12.3. The smallest absolute Gasteiger partial charge is 0.336 e. The molecule has 352 valence electrons. The summed E-state index contributed by atoms with van der Waals surface area (Å²) >= 11 is 0. The van der Waals surface area contributed by atoms with Crippen LogP contribution in [-0.2, 0) is 18.9 Å². The number of hydrogen-bond donors (Lipinski definition) is 10. The van der Waals surface area contributed by atoms with Gasteiger partial charge >= 0.3 is 11.3 Å². The Morgan fingerprint density at radius 2 is 1.32 bits per heavy atom. The molecule has 15 atom stereocenters. The van der Waals surface area contributed by atoms with Crippen molar-refractivity contribution >= 4 is 28.0 Å². The summed E-state index contributed by atoms with van der Waals surface area (Å²) in [6.45, 7) is 1.48. The second-order valence-electron chi connectivity index (χ2n) is 17.4. The quantitative estimate of drug-likeness (QED) is 0.0618. The van der Waals surface area contributed by atoms with Crippen molar-refractivity contribution in [3.05, 3.63) is 98.2 Å². The number of aliphatic hydroxyl groups is 10. The highest BCUT2D eigenvalue weighted by molar-refractivity contribution is 5.83. The fourth-order valence-electron chi connectivity index (χ4n) is 8.59. The lowest BCUT2D eigenvalue weighted by Crippen LogP contribution is -2.60. The van der Waals surface area contributed by atoms with E-state index in [1.165, 1.54) is 24.3 Å². The van der Waals surface area contributed by atoms with Crippen LogP contribution in [-0.4, -0.2) is 157 Å². The van der Waals surface area contributed by atoms with Gasteiger partial charge in [0.05, 0.1) is 26.4 Å². The molecule has 4 aromatic rings. The lowest BCUT2D eigenvalue weighted by Gasteiger charge is -2.41. The van der Waals surface area contributed by atoms with Crippen LogP contribution >= 0.6 is 0 Å². The molecule has 4 aliphatic rings. The van der Waals surface area contributed by atoms with Crippen LogP contribution in [0.5, 0.6) is 11.5 Å². The molecule has 5 heterocycles. The van der Waals surface area contributed by atoms with Gasteiger partial charge in [0.2, 0.25) is 12.6 Å². The first kappa shape index (κ1) is 46.9. The highest BCUT2D eigenvalue weighted by Crippen LogP contribution is 2.51. The molecule has 0 saturated carbocycles. The van der Waals surface area contributed by atoms with Gasteiger partial charge < -0.3 is 88.3 Å². The Kier molecular flexibility index (Phi) is 13.4. The number of fused-ring (bicyclic) bond motifs is 2. The molecule has 3 aliphatic heterocycles. The fraction of sp³-hybridized carbons (Fsp3) is 0.511. The average Bonchev–Trinajstić information content (AvgIpc) is 3.58. The van der Waals surface area contributed by atoms with E-state index in [0.717, 1.165) is 5.57 Å². The topological polar surface area (TPSA) is 318 Å². The monoisotopic (exact) mass is 912 g/mol. The van der Waals surface area contributed by atoms with Gasteiger partial charge in [-0.05, 0) is 49.4 Å². The molecule has 0 spiro atoms. The van der Waals surface area contributed by atoms with Crippen LogP contribution in [0.4, 0.5) is 0 Å². The number of hydrogen-bond acceptors (Lipinski definition) is 20. The van der Waals surface area contributed by atoms with Crippen molar-refractivity contribution in [3.63, 3.8) is 0 Å². The fourth-order valence-corrected chi connectivity index (χ4v) is 8.59. The molecule has 2 aromatic carbocycles. The molecule has 3 saturated heterocycles. The van der Waals surface area contributed by atoms with E-state index in [9.17, 15) is 60.7 Å². The van der Waals surface area contributed by atoms with Crippen molar-refractivity contribution < 1.29 is 88.3 Å². The summed E-state index contributed by atoms with van der Waals surface area (Å²) in [6.07, 6.45) is -12.5. The van der Waals surface area contributed by atoms with Gasteiger partial charge in [-0.25, -0.2) is 9.59 Å². The van der Waals surface area contributed by atoms with E-state index in [1.54, 1.807) is 30.3 Å². The Balaban J connectivity index is 1.13. The third kappa shape index (κ3) is 9.25. The van der Waals surface area contributed by atoms with E-state index in [-0.39, 0.29) is 22.7 Å². The molecule has 65 heavy (non-hydrogen) atoms. The predicted octanol–water partition coefficient (Wildman–Crippen LogP) is -0.735. The first-order chi connectivity index (χ1) is 30.9. The zero-order valence-corrected chi connectivity index (χ0v) is 35.2. The summed E-state index contributed by atoms with van der Waals surface area (Å²) in [5.41, 5.74) is -1.79. The van der Waals surface area contributed by atoms with Crippen molar-refractivity contribution in [3.8, 4) is 11.5 Å². The molecule has 0 radical (unpaired) electrons. The Hall–Kier alpha value is -4.62. The van der Waals surface area contributed by atoms with Crippen molar-refractivity contribution in [1.82, 2.24) is 0 Å². The van der Waals surface area contributed by atoms with E-state index in [2.05, 4.69) is 0 Å². The van der Waals surface area contributed by atoms with E-state index < -0.39 is 128 Å². The van der Waals surface area contributed by atoms with E-state index in [0.29, 0.717) is 34.7 Å². The minimum atomic E-state index is -1.99. The normalized spacial score (nSPS) is 36.6. The van der Waals surface area contributed by atoms with Crippen LogP contribution in [0.15, 0.2) is 84.7 Å². The number of rotatable bonds is 12. The zero-order valence-electron chi connectivity index (χ0n) is 35.2. The number of aliphatic hydroxyl groups excluding tert-OH is 9. The van der Waals surface area contributed by atoms with Crippen LogP contribution in [0, 0.1) is 5.41 Å². The molecule has 20 nitrogen and oxygen atoms in total. The SMILES string of the molecule is CC1=C[C@@H](c2cc3ccc(=O)oc3cc2O[C@@H]2O[C@H](CO)[C@@H](O)[C@H](O)[C@H]2O)[C@@](C)(/C=C/c2cc3ccc(=O)oc3cc2O[C@@H]2O[C@H](CO[C@@H]3OC[C@](O)(CO)[C@H]3O)[C@@H](O)[C@H](O)[C@H]2O)CC1. The summed E-state index contributed by atoms with van der Waals surface area (Å²) in [7, 11) is 0. The van der Waals surface area contributed by atoms with Gasteiger partial charge in [0, 0.05) is 52.1 Å². The summed E-state index contributed by atoms with van der Waals surface area (Å²) in [5.74, 6) is -0.367. The van der Waals surface area contributed by atoms with Gasteiger partial charge in [-0.15, -0.1) is 0 Å². The minimum absolute atomic E-state index is 0.0213. The third-order valence-corrected chi connectivity index (χ3v) is 12.7. The van der Waals surface area contributed by atoms with Crippen LogP contribution in [0.1, 0.15) is 43.7 Å². The van der Waals surface area contributed by atoms with Gasteiger partial charge in [-0.1, -0.05) is 30.7 Å². The molecule has 20 heteroatoms. The van der Waals surface area contributed by atoms with Gasteiger partial charge in [-0.3, -0.25) is 0 Å². The van der Waals surface area contributed by atoms with Crippen LogP contribution in [0.25, 0.3) is 28.0 Å². The molecule has 10 N–H and O–H groups in total. The van der Waals surface area contributed by atoms with Crippen LogP contribution < -0.4 is 20.7 Å². The Morgan fingerprint density at radius 3 is 1.94 bits per heavy atom. The highest BCUT2D eigenvalue weighted by Gasteiger charge is 2.51. The first-order valence-electron chi connectivity index (χ1n) is 21.0. The summed E-state index contributed by atoms with van der Waals surface area (Å²) in [4.78, 5) is 24.6. The van der Waals surface area contributed by atoms with Gasteiger partial charge in [0.25, 0.3) is 0 Å². The summed E-state index contributed by atoms with van der Waals surface area (Å²) in [6, 6.07) is 11.9. The van der Waals surface area contributed by atoms with Crippen molar-refractivity contribution in [2.45, 2.75) is 112 Å². The number of allylic oxidation sites excluding steroid dienone is 3. The maximum atomic E-state index is 12.3. The molecule has 0 amide bonds. The molecule has 0 bridgehead atoms. The van der Waals surface area contributed by atoms with Crippen molar-refractivity contribution in [2.75, 3.05) is 26.4 Å². The van der Waals surface area contributed by atoms with Gasteiger partial charge in [0.1, 0.15) is 83.2 Å². The molecule has 1 aliphatic carbocycles. The predicted molar refractivity (Wildman–Crippen MR) is 223 cm³/mol. The molecule has 8 rings (SSSR count). The molecular weight excluding hydrogens is 860 g/mol. The first-order valence-corrected chi connectivity index (χ1v) is 21.0. The lowest BCUT2D eigenvalue weighted by atomic mass is 9.66. The lowest BCUT2D eigenvalue weighted by molar-refractivity contribution is -0.289. The third-order valence-electron chi connectivity index (χ3n) is 12.7. The number of benzene rings is 2. The Bertz CT molecular complexity index is 2530. The van der Waals surface area contributed by atoms with Crippen LogP contribution in [0.2, 0.25) is 0 Å². The summed E-state index contributed by atoms with van der Waals surface area (Å²) < 4.78 is 45.8. The maximum Gasteiger partial charge on any atom is 0.336 e. The Morgan fingerprint density at radius 1 is 0.738 bits per heavy atom. The van der Waals surface area contributed by atoms with E-state index >= 15 is 0 Å². The van der Waals surface area contributed by atoms with E-state index in [1.807, 2.05) is 26.0 Å². The van der Waals surface area contributed by atoms with Gasteiger partial charge in [-0.2, -0.15) is 0 Å². The minimum Gasteiger partial charge on any atom is -0.462 e. The van der Waals surface area contributed by atoms with Crippen molar-refractivity contribution in [1.29, 1.82) is 0 Å². The molecular formula is C45H52O20. The largest absolute Gasteiger partial charge is 0.462 e. The second kappa shape index (κ2) is 18.6.